The summed E-state index contributed by atoms with van der Waals surface area (Å²) in [6, 6.07) is 12.9. The lowest BCUT2D eigenvalue weighted by Gasteiger charge is -2.39. The summed E-state index contributed by atoms with van der Waals surface area (Å²) in [7, 11) is 1.39. The zero-order chi connectivity index (χ0) is 20.5. The molecule has 1 heterocycles. The molecule has 1 aliphatic rings. The number of hydrogen-bond donors (Lipinski definition) is 1. The van der Waals surface area contributed by atoms with Crippen molar-refractivity contribution in [3.63, 3.8) is 0 Å². The number of nitrogens with zero attached hydrogens (tertiary/aromatic N) is 2. The van der Waals surface area contributed by atoms with Gasteiger partial charge in [-0.15, -0.1) is 0 Å². The number of hydrogen-bond acceptors (Lipinski definition) is 3. The van der Waals surface area contributed by atoms with Crippen LogP contribution < -0.4 is 5.32 Å². The maximum Gasteiger partial charge on any atom is 0.268 e. The van der Waals surface area contributed by atoms with Gasteiger partial charge < -0.3 is 10.2 Å². The number of carbonyl (C=O) groups is 2. The summed E-state index contributed by atoms with van der Waals surface area (Å²) >= 11 is 0. The Hall–Kier alpha value is -3.53. The maximum atomic E-state index is 14.2. The molecule has 2 amide bonds. The van der Waals surface area contributed by atoms with Gasteiger partial charge in [-0.25, -0.2) is 8.78 Å². The normalized spacial score (nSPS) is 20.8. The molecule has 2 aromatic carbocycles. The highest BCUT2D eigenvalue weighted by Gasteiger charge is 2.44. The fourth-order valence-electron chi connectivity index (χ4n) is 3.23. The van der Waals surface area contributed by atoms with E-state index in [0.29, 0.717) is 0 Å². The van der Waals surface area contributed by atoms with Crippen molar-refractivity contribution in [3.8, 4) is 6.07 Å². The van der Waals surface area contributed by atoms with Crippen LogP contribution in [0.1, 0.15) is 23.6 Å². The number of halogens is 2. The van der Waals surface area contributed by atoms with Crippen molar-refractivity contribution in [1.82, 2.24) is 10.2 Å². The molecule has 5 nitrogen and oxygen atoms in total. The Kier molecular flexibility index (Phi) is 4.97. The summed E-state index contributed by atoms with van der Waals surface area (Å²) in [4.78, 5) is 26.7. The number of piperazine rings is 1. The second-order valence-corrected chi connectivity index (χ2v) is 6.78. The van der Waals surface area contributed by atoms with Crippen LogP contribution in [-0.2, 0) is 16.0 Å². The third-order valence-electron chi connectivity index (χ3n) is 4.69. The number of nitriles is 1. The molecule has 1 unspecified atom stereocenters. The van der Waals surface area contributed by atoms with Crippen LogP contribution in [0.3, 0.4) is 0 Å². The van der Waals surface area contributed by atoms with Crippen LogP contribution in [0.15, 0.2) is 48.2 Å². The quantitative estimate of drug-likeness (QED) is 0.831. The minimum Gasteiger partial charge on any atom is -0.336 e. The minimum absolute atomic E-state index is 0.141. The summed E-state index contributed by atoms with van der Waals surface area (Å²) in [5, 5.41) is 11.8. The van der Waals surface area contributed by atoms with Gasteiger partial charge in [0.25, 0.3) is 11.8 Å². The molecule has 2 aromatic rings. The number of likely N-dealkylation sites (N-methyl/N-ethyl adjacent to an activating group) is 1. The van der Waals surface area contributed by atoms with Crippen molar-refractivity contribution in [2.45, 2.75) is 18.9 Å². The summed E-state index contributed by atoms with van der Waals surface area (Å²) < 4.78 is 27.8. The predicted octanol–water partition coefficient (Wildman–Crippen LogP) is 2.77. The zero-order valence-corrected chi connectivity index (χ0v) is 15.3. The van der Waals surface area contributed by atoms with Gasteiger partial charge in [0.1, 0.15) is 11.2 Å². The van der Waals surface area contributed by atoms with E-state index in [1.54, 1.807) is 13.0 Å². The Morgan fingerprint density at radius 3 is 2.50 bits per heavy atom. The van der Waals surface area contributed by atoms with Crippen molar-refractivity contribution < 1.29 is 18.4 Å². The Balaban J connectivity index is 1.99. The molecular formula is C21H17F2N3O2. The van der Waals surface area contributed by atoms with Gasteiger partial charge >= 0.3 is 0 Å². The summed E-state index contributed by atoms with van der Waals surface area (Å²) in [5.41, 5.74) is -1.01. The first-order valence-corrected chi connectivity index (χ1v) is 8.51. The first kappa shape index (κ1) is 19.2. The van der Waals surface area contributed by atoms with E-state index < -0.39 is 29.0 Å². The fraction of sp³-hybridized carbons (Fsp3) is 0.190. The van der Waals surface area contributed by atoms with Gasteiger partial charge in [0.05, 0.1) is 11.6 Å². The van der Waals surface area contributed by atoms with Crippen molar-refractivity contribution in [2.75, 3.05) is 7.05 Å². The van der Waals surface area contributed by atoms with Gasteiger partial charge in [-0.2, -0.15) is 5.26 Å². The second-order valence-electron chi connectivity index (χ2n) is 6.78. The lowest BCUT2D eigenvalue weighted by atomic mass is 9.88. The van der Waals surface area contributed by atoms with Gasteiger partial charge in [-0.3, -0.25) is 9.59 Å². The van der Waals surface area contributed by atoms with Gasteiger partial charge in [0.15, 0.2) is 11.6 Å². The number of nitrogens with one attached hydrogen (secondary N) is 1. The standard InChI is InChI=1S/C21H17F2N3O2/c1-21(11-13-6-4-3-5-7-13)20(28)26(2)17(19(27)25-21)10-15-14(12-24)8-9-16(22)18(15)23/h3-10H,11H2,1-2H3,(H,25,27). The second kappa shape index (κ2) is 7.24. The first-order chi connectivity index (χ1) is 13.3. The van der Waals surface area contributed by atoms with Crippen LogP contribution in [0.2, 0.25) is 0 Å². The smallest absolute Gasteiger partial charge is 0.268 e. The van der Waals surface area contributed by atoms with Crippen LogP contribution in [0.4, 0.5) is 8.78 Å². The van der Waals surface area contributed by atoms with Crippen LogP contribution in [0.25, 0.3) is 6.08 Å². The highest BCUT2D eigenvalue weighted by atomic mass is 19.2. The number of carbonyl (C=O) groups excluding carboxylic acids is 2. The van der Waals surface area contributed by atoms with E-state index in [2.05, 4.69) is 5.32 Å². The largest absolute Gasteiger partial charge is 0.336 e. The maximum absolute atomic E-state index is 14.2. The van der Waals surface area contributed by atoms with E-state index in [1.165, 1.54) is 7.05 Å². The lowest BCUT2D eigenvalue weighted by molar-refractivity contribution is -0.143. The Bertz CT molecular complexity index is 1030. The van der Waals surface area contributed by atoms with E-state index in [4.69, 9.17) is 5.26 Å². The first-order valence-electron chi connectivity index (χ1n) is 8.51. The lowest BCUT2D eigenvalue weighted by Crippen LogP contribution is -2.64. The van der Waals surface area contributed by atoms with Crippen molar-refractivity contribution in [1.29, 1.82) is 5.26 Å². The topological polar surface area (TPSA) is 73.2 Å². The van der Waals surface area contributed by atoms with E-state index in [9.17, 15) is 18.4 Å². The molecule has 1 fully saturated rings. The molecule has 0 spiro atoms. The third kappa shape index (κ3) is 3.37. The Morgan fingerprint density at radius 1 is 1.18 bits per heavy atom. The molecule has 3 rings (SSSR count). The molecule has 0 bridgehead atoms. The Labute approximate surface area is 160 Å². The number of amides is 2. The van der Waals surface area contributed by atoms with Gasteiger partial charge in [-0.05, 0) is 30.7 Å². The molecule has 142 valence electrons. The monoisotopic (exact) mass is 381 g/mol. The van der Waals surface area contributed by atoms with Crippen LogP contribution in [0.5, 0.6) is 0 Å². The molecule has 1 N–H and O–H groups in total. The Morgan fingerprint density at radius 2 is 1.86 bits per heavy atom. The van der Waals surface area contributed by atoms with Crippen LogP contribution in [0, 0.1) is 23.0 Å². The highest BCUT2D eigenvalue weighted by Crippen LogP contribution is 2.27. The van der Waals surface area contributed by atoms with E-state index in [0.717, 1.165) is 28.7 Å². The average molecular weight is 381 g/mol. The molecule has 28 heavy (non-hydrogen) atoms. The molecule has 1 atom stereocenters. The average Bonchev–Trinajstić information content (AvgIpc) is 2.67. The summed E-state index contributed by atoms with van der Waals surface area (Å²) in [6.07, 6.45) is 1.29. The van der Waals surface area contributed by atoms with E-state index in [-0.39, 0.29) is 23.2 Å². The van der Waals surface area contributed by atoms with Crippen molar-refractivity contribution >= 4 is 17.9 Å². The minimum atomic E-state index is -1.25. The number of benzene rings is 2. The molecule has 1 aliphatic heterocycles. The number of rotatable bonds is 3. The molecule has 0 saturated carbocycles. The van der Waals surface area contributed by atoms with Crippen LogP contribution in [-0.4, -0.2) is 29.3 Å². The highest BCUT2D eigenvalue weighted by molar-refractivity contribution is 6.09. The van der Waals surface area contributed by atoms with Crippen molar-refractivity contribution in [3.05, 3.63) is 76.5 Å². The predicted molar refractivity (Wildman–Crippen MR) is 98.5 cm³/mol. The van der Waals surface area contributed by atoms with Gasteiger partial charge in [-0.1, -0.05) is 30.3 Å². The summed E-state index contributed by atoms with van der Waals surface area (Å²) in [5.74, 6) is -3.42. The zero-order valence-electron chi connectivity index (χ0n) is 15.3. The SMILES string of the molecule is CN1C(=O)C(C)(Cc2ccccc2)NC(=O)C1=Cc1c(C#N)ccc(F)c1F. The molecule has 0 aliphatic carbocycles. The van der Waals surface area contributed by atoms with E-state index in [1.807, 2.05) is 30.3 Å². The molecule has 7 heteroatoms. The van der Waals surface area contributed by atoms with Gasteiger partial charge in [0, 0.05) is 19.0 Å². The molecule has 0 aromatic heterocycles. The third-order valence-corrected chi connectivity index (χ3v) is 4.69. The van der Waals surface area contributed by atoms with Crippen molar-refractivity contribution in [2.24, 2.45) is 0 Å². The molecule has 0 radical (unpaired) electrons. The van der Waals surface area contributed by atoms with Gasteiger partial charge in [0.2, 0.25) is 0 Å². The summed E-state index contributed by atoms with van der Waals surface area (Å²) in [6.45, 7) is 1.61. The fourth-order valence-corrected chi connectivity index (χ4v) is 3.23. The molecular weight excluding hydrogens is 364 g/mol. The van der Waals surface area contributed by atoms with Crippen LogP contribution >= 0.6 is 0 Å². The van der Waals surface area contributed by atoms with E-state index >= 15 is 0 Å². The molecule has 1 saturated heterocycles.